The summed E-state index contributed by atoms with van der Waals surface area (Å²) in [4.78, 5) is 12.1. The van der Waals surface area contributed by atoms with Crippen LogP contribution in [0.1, 0.15) is 18.4 Å². The topological polar surface area (TPSA) is 38.3 Å². The average Bonchev–Trinajstić information content (AvgIpc) is 2.53. The van der Waals surface area contributed by atoms with Crippen LogP contribution >= 0.6 is 0 Å². The minimum absolute atomic E-state index is 0.0939. The second-order valence-electron chi connectivity index (χ2n) is 4.45. The number of carbonyl (C=O) groups excluding carboxylic acids is 1. The summed E-state index contributed by atoms with van der Waals surface area (Å²) in [7, 11) is 5.72. The summed E-state index contributed by atoms with van der Waals surface area (Å²) >= 11 is 0. The molecule has 3 nitrogen and oxygen atoms in total. The summed E-state index contributed by atoms with van der Waals surface area (Å²) in [5, 5.41) is 2.92. The van der Waals surface area contributed by atoms with E-state index in [1.807, 2.05) is 18.2 Å². The summed E-state index contributed by atoms with van der Waals surface area (Å²) in [6.07, 6.45) is 1.52. The first-order chi connectivity index (χ1) is 7.72. The lowest BCUT2D eigenvalue weighted by atomic mass is 9.74. The van der Waals surface area contributed by atoms with Crippen molar-refractivity contribution in [2.45, 2.75) is 18.3 Å². The van der Waals surface area contributed by atoms with Gasteiger partial charge in [-0.1, -0.05) is 17.6 Å². The molecule has 2 heterocycles. The number of nitrogens with one attached hydrogen (secondary N) is 1. The van der Waals surface area contributed by atoms with E-state index in [9.17, 15) is 4.79 Å². The molecule has 0 aliphatic carbocycles. The second kappa shape index (κ2) is 3.35. The Balaban J connectivity index is 2.11. The van der Waals surface area contributed by atoms with Crippen molar-refractivity contribution in [3.8, 4) is 0 Å². The van der Waals surface area contributed by atoms with Gasteiger partial charge in [0.1, 0.15) is 7.85 Å². The zero-order chi connectivity index (χ0) is 11.2. The van der Waals surface area contributed by atoms with Crippen LogP contribution in [0.5, 0.6) is 0 Å². The van der Waals surface area contributed by atoms with Gasteiger partial charge in [-0.2, -0.15) is 0 Å². The normalized spacial score (nSPS) is 21.9. The Hall–Kier alpha value is -1.29. The Morgan fingerprint density at radius 3 is 2.81 bits per heavy atom. The maximum atomic E-state index is 12.1. The van der Waals surface area contributed by atoms with Crippen LogP contribution in [0.25, 0.3) is 0 Å². The number of carbonyl (C=O) groups is 1. The third kappa shape index (κ3) is 1.23. The summed E-state index contributed by atoms with van der Waals surface area (Å²) in [6.45, 7) is 1.30. The maximum absolute atomic E-state index is 12.1. The van der Waals surface area contributed by atoms with Gasteiger partial charge in [0, 0.05) is 18.9 Å². The third-order valence-electron chi connectivity index (χ3n) is 3.59. The summed E-state index contributed by atoms with van der Waals surface area (Å²) in [5.41, 5.74) is 2.26. The van der Waals surface area contributed by atoms with Gasteiger partial charge in [-0.05, 0) is 24.5 Å². The first kappa shape index (κ1) is 9.91. The van der Waals surface area contributed by atoms with Gasteiger partial charge in [-0.25, -0.2) is 0 Å². The minimum Gasteiger partial charge on any atom is -0.381 e. The Kier molecular flexibility index (Phi) is 2.08. The molecule has 0 saturated carbocycles. The number of fused-ring (bicyclic) bond motifs is 2. The number of amides is 1. The van der Waals surface area contributed by atoms with Crippen LogP contribution in [0.15, 0.2) is 18.2 Å². The number of ether oxygens (including phenoxy) is 1. The van der Waals surface area contributed by atoms with Crippen molar-refractivity contribution in [1.29, 1.82) is 0 Å². The van der Waals surface area contributed by atoms with Crippen LogP contribution in [0, 0.1) is 0 Å². The molecule has 3 rings (SSSR count). The second-order valence-corrected chi connectivity index (χ2v) is 4.45. The quantitative estimate of drug-likeness (QED) is 0.636. The van der Waals surface area contributed by atoms with E-state index in [4.69, 9.17) is 12.6 Å². The molecule has 4 heteroatoms. The molecule has 1 amide bonds. The molecule has 1 saturated heterocycles. The van der Waals surface area contributed by atoms with E-state index in [1.54, 1.807) is 0 Å². The van der Waals surface area contributed by atoms with Crippen LogP contribution in [0.2, 0.25) is 0 Å². The number of rotatable bonds is 0. The van der Waals surface area contributed by atoms with E-state index < -0.39 is 0 Å². The summed E-state index contributed by atoms with van der Waals surface area (Å²) in [5.74, 6) is 0.0939. The predicted molar refractivity (Wildman–Crippen MR) is 62.2 cm³/mol. The predicted octanol–water partition coefficient (Wildman–Crippen LogP) is 0.481. The molecular formula is C12H12BNO2. The Morgan fingerprint density at radius 1 is 1.31 bits per heavy atom. The molecule has 1 aromatic rings. The molecule has 1 N–H and O–H groups in total. The molecule has 0 atom stereocenters. The minimum atomic E-state index is -0.374. The standard InChI is InChI=1S/C12H12BNO2/c13-8-1-2-9-10(7-8)14-11(15)12(9)3-5-16-6-4-12/h1-2,7H,3-6H2,(H,14,15). The molecular weight excluding hydrogens is 201 g/mol. The Morgan fingerprint density at radius 2 is 2.06 bits per heavy atom. The van der Waals surface area contributed by atoms with Crippen molar-refractivity contribution in [2.75, 3.05) is 18.5 Å². The first-order valence-electron chi connectivity index (χ1n) is 5.52. The van der Waals surface area contributed by atoms with Crippen molar-refractivity contribution in [1.82, 2.24) is 0 Å². The largest absolute Gasteiger partial charge is 0.381 e. The highest BCUT2D eigenvalue weighted by atomic mass is 16.5. The van der Waals surface area contributed by atoms with E-state index >= 15 is 0 Å². The lowest BCUT2D eigenvalue weighted by molar-refractivity contribution is -0.124. The lowest BCUT2D eigenvalue weighted by Gasteiger charge is -2.31. The Labute approximate surface area is 95.6 Å². The molecule has 1 spiro atoms. The molecule has 2 radical (unpaired) electrons. The molecule has 80 valence electrons. The van der Waals surface area contributed by atoms with Crippen LogP contribution in [-0.2, 0) is 14.9 Å². The van der Waals surface area contributed by atoms with Crippen molar-refractivity contribution in [3.05, 3.63) is 23.8 Å². The van der Waals surface area contributed by atoms with E-state index in [2.05, 4.69) is 5.32 Å². The zero-order valence-electron chi connectivity index (χ0n) is 8.95. The fraction of sp³-hybridized carbons (Fsp3) is 0.417. The number of hydrogen-bond donors (Lipinski definition) is 1. The molecule has 1 aromatic carbocycles. The van der Waals surface area contributed by atoms with Crippen LogP contribution in [0.4, 0.5) is 5.69 Å². The summed E-state index contributed by atoms with van der Waals surface area (Å²) < 4.78 is 5.34. The fourth-order valence-electron chi connectivity index (χ4n) is 2.66. The molecule has 16 heavy (non-hydrogen) atoms. The first-order valence-corrected chi connectivity index (χ1v) is 5.52. The van der Waals surface area contributed by atoms with Crippen molar-refractivity contribution >= 4 is 24.9 Å². The number of anilines is 1. The van der Waals surface area contributed by atoms with Gasteiger partial charge >= 0.3 is 0 Å². The SMILES string of the molecule is [B]c1ccc2c(c1)NC(=O)C21CCOCC1. The highest BCUT2D eigenvalue weighted by molar-refractivity contribution is 6.33. The van der Waals surface area contributed by atoms with E-state index in [0.717, 1.165) is 24.1 Å². The van der Waals surface area contributed by atoms with Gasteiger partial charge in [-0.15, -0.1) is 0 Å². The third-order valence-corrected chi connectivity index (χ3v) is 3.59. The van der Waals surface area contributed by atoms with Gasteiger partial charge in [0.05, 0.1) is 5.41 Å². The van der Waals surface area contributed by atoms with Gasteiger partial charge in [-0.3, -0.25) is 4.79 Å². The van der Waals surface area contributed by atoms with Gasteiger partial charge in [0.15, 0.2) is 0 Å². The van der Waals surface area contributed by atoms with Crippen LogP contribution in [0.3, 0.4) is 0 Å². The number of hydrogen-bond acceptors (Lipinski definition) is 2. The van der Waals surface area contributed by atoms with Crippen LogP contribution < -0.4 is 10.8 Å². The molecule has 1 fully saturated rings. The van der Waals surface area contributed by atoms with Crippen molar-refractivity contribution < 1.29 is 9.53 Å². The molecule has 2 aliphatic rings. The van der Waals surface area contributed by atoms with Crippen molar-refractivity contribution in [3.63, 3.8) is 0 Å². The van der Waals surface area contributed by atoms with E-state index in [-0.39, 0.29) is 11.3 Å². The fourth-order valence-corrected chi connectivity index (χ4v) is 2.66. The van der Waals surface area contributed by atoms with E-state index in [1.165, 1.54) is 0 Å². The van der Waals surface area contributed by atoms with Gasteiger partial charge in [0.2, 0.25) is 5.91 Å². The zero-order valence-corrected chi connectivity index (χ0v) is 8.95. The van der Waals surface area contributed by atoms with E-state index in [0.29, 0.717) is 18.7 Å². The maximum Gasteiger partial charge on any atom is 0.235 e. The van der Waals surface area contributed by atoms with Gasteiger partial charge in [0.25, 0.3) is 0 Å². The molecule has 0 bridgehead atoms. The summed E-state index contributed by atoms with van der Waals surface area (Å²) in [6, 6.07) is 5.65. The molecule has 2 aliphatic heterocycles. The average molecular weight is 213 g/mol. The van der Waals surface area contributed by atoms with Crippen molar-refractivity contribution in [2.24, 2.45) is 0 Å². The number of benzene rings is 1. The highest BCUT2D eigenvalue weighted by Gasteiger charge is 2.47. The Bertz CT molecular complexity index is 452. The highest BCUT2D eigenvalue weighted by Crippen LogP contribution is 2.43. The van der Waals surface area contributed by atoms with Crippen LogP contribution in [-0.4, -0.2) is 27.0 Å². The molecule has 0 aromatic heterocycles. The monoisotopic (exact) mass is 213 g/mol. The lowest BCUT2D eigenvalue weighted by Crippen LogP contribution is -2.39. The van der Waals surface area contributed by atoms with Gasteiger partial charge < -0.3 is 10.1 Å². The smallest absolute Gasteiger partial charge is 0.235 e. The molecule has 0 unspecified atom stereocenters.